The van der Waals surface area contributed by atoms with Gasteiger partial charge in [-0.2, -0.15) is 15.0 Å². The minimum absolute atomic E-state index is 0.271. The number of anilines is 3. The molecule has 3 heterocycles. The van der Waals surface area contributed by atoms with Crippen molar-refractivity contribution in [3.05, 3.63) is 0 Å². The monoisotopic (exact) mass is 307 g/mol. The van der Waals surface area contributed by atoms with E-state index in [4.69, 9.17) is 10.5 Å². The molecule has 1 aromatic rings. The molecule has 2 fully saturated rings. The summed E-state index contributed by atoms with van der Waals surface area (Å²) in [6, 6.07) is 0.483. The molecule has 0 aromatic carbocycles. The third-order valence-electron chi connectivity index (χ3n) is 4.41. The smallest absolute Gasteiger partial charge is 0.232 e. The van der Waals surface area contributed by atoms with E-state index < -0.39 is 0 Å². The molecule has 0 bridgehead atoms. The lowest BCUT2D eigenvalue weighted by Gasteiger charge is -2.22. The molecule has 0 spiro atoms. The Bertz CT molecular complexity index is 492. The summed E-state index contributed by atoms with van der Waals surface area (Å²) >= 11 is 0. The van der Waals surface area contributed by atoms with Crippen molar-refractivity contribution in [2.24, 2.45) is 5.92 Å². The number of ether oxygens (including phenoxy) is 1. The van der Waals surface area contributed by atoms with Gasteiger partial charge in [-0.15, -0.1) is 0 Å². The molecule has 2 aliphatic heterocycles. The molecule has 1 atom stereocenters. The van der Waals surface area contributed by atoms with Gasteiger partial charge in [0.05, 0.1) is 0 Å². The fourth-order valence-electron chi connectivity index (χ4n) is 2.96. The summed E-state index contributed by atoms with van der Waals surface area (Å²) in [6.45, 7) is 4.38. The third kappa shape index (κ3) is 3.75. The number of hydrogen-bond acceptors (Lipinski definition) is 8. The van der Waals surface area contributed by atoms with Gasteiger partial charge in [0.15, 0.2) is 0 Å². The van der Waals surface area contributed by atoms with E-state index in [1.54, 1.807) is 0 Å². The third-order valence-corrected chi connectivity index (χ3v) is 4.41. The van der Waals surface area contributed by atoms with Gasteiger partial charge in [-0.25, -0.2) is 0 Å². The number of nitrogens with one attached hydrogen (secondary N) is 2. The lowest BCUT2D eigenvalue weighted by atomic mass is 10.0. The summed E-state index contributed by atoms with van der Waals surface area (Å²) in [5.74, 6) is 2.12. The van der Waals surface area contributed by atoms with Gasteiger partial charge in [0.1, 0.15) is 0 Å². The molecular formula is C14H25N7O. The molecular weight excluding hydrogens is 282 g/mol. The average Bonchev–Trinajstić information content (AvgIpc) is 3.03. The fourth-order valence-corrected chi connectivity index (χ4v) is 2.96. The van der Waals surface area contributed by atoms with E-state index >= 15 is 0 Å². The SMILES string of the molecule is CN[C@@H]1CCN(c2nc(N)nc(NCC3CCOCC3)n2)C1. The maximum absolute atomic E-state index is 5.84. The Morgan fingerprint density at radius 1 is 1.23 bits per heavy atom. The van der Waals surface area contributed by atoms with Crippen LogP contribution in [-0.2, 0) is 4.74 Å². The van der Waals surface area contributed by atoms with Crippen molar-refractivity contribution >= 4 is 17.8 Å². The maximum Gasteiger partial charge on any atom is 0.232 e. The van der Waals surface area contributed by atoms with Crippen LogP contribution >= 0.6 is 0 Å². The Kier molecular flexibility index (Phi) is 4.89. The summed E-state index contributed by atoms with van der Waals surface area (Å²) < 4.78 is 5.38. The second kappa shape index (κ2) is 7.06. The van der Waals surface area contributed by atoms with Crippen LogP contribution in [0.25, 0.3) is 0 Å². The minimum Gasteiger partial charge on any atom is -0.381 e. The van der Waals surface area contributed by atoms with Crippen molar-refractivity contribution in [1.29, 1.82) is 0 Å². The van der Waals surface area contributed by atoms with E-state index in [0.29, 0.717) is 23.9 Å². The van der Waals surface area contributed by atoms with Gasteiger partial charge < -0.3 is 26.0 Å². The van der Waals surface area contributed by atoms with Crippen LogP contribution in [0, 0.1) is 5.92 Å². The van der Waals surface area contributed by atoms with E-state index in [2.05, 4.69) is 30.5 Å². The zero-order valence-electron chi connectivity index (χ0n) is 13.1. The maximum atomic E-state index is 5.84. The molecule has 1 aromatic heterocycles. The van der Waals surface area contributed by atoms with Crippen LogP contribution in [0.3, 0.4) is 0 Å². The average molecular weight is 307 g/mol. The predicted molar refractivity (Wildman–Crippen MR) is 85.9 cm³/mol. The zero-order valence-corrected chi connectivity index (χ0v) is 13.1. The van der Waals surface area contributed by atoms with Crippen molar-refractivity contribution in [1.82, 2.24) is 20.3 Å². The first-order chi connectivity index (χ1) is 10.7. The Hall–Kier alpha value is -1.67. The van der Waals surface area contributed by atoms with Crippen LogP contribution in [0.15, 0.2) is 0 Å². The van der Waals surface area contributed by atoms with Crippen molar-refractivity contribution in [3.63, 3.8) is 0 Å². The van der Waals surface area contributed by atoms with Crippen LogP contribution in [0.5, 0.6) is 0 Å². The normalized spacial score (nSPS) is 23.0. The van der Waals surface area contributed by atoms with Crippen molar-refractivity contribution in [2.45, 2.75) is 25.3 Å². The highest BCUT2D eigenvalue weighted by Gasteiger charge is 2.24. The molecule has 8 nitrogen and oxygen atoms in total. The second-order valence-corrected chi connectivity index (χ2v) is 5.97. The molecule has 0 amide bonds. The van der Waals surface area contributed by atoms with Gasteiger partial charge in [0.2, 0.25) is 17.8 Å². The van der Waals surface area contributed by atoms with E-state index in [-0.39, 0.29) is 5.95 Å². The molecule has 2 aliphatic rings. The Morgan fingerprint density at radius 3 is 2.77 bits per heavy atom. The minimum atomic E-state index is 0.271. The molecule has 122 valence electrons. The number of rotatable bonds is 5. The number of nitrogen functional groups attached to an aromatic ring is 1. The van der Waals surface area contributed by atoms with Crippen LogP contribution in [0.2, 0.25) is 0 Å². The van der Waals surface area contributed by atoms with Crippen molar-refractivity contribution in [3.8, 4) is 0 Å². The van der Waals surface area contributed by atoms with Gasteiger partial charge in [0, 0.05) is 38.9 Å². The number of aromatic nitrogens is 3. The quantitative estimate of drug-likeness (QED) is 0.703. The molecule has 0 saturated carbocycles. The molecule has 4 N–H and O–H groups in total. The van der Waals surface area contributed by atoms with Crippen LogP contribution in [0.1, 0.15) is 19.3 Å². The lowest BCUT2D eigenvalue weighted by molar-refractivity contribution is 0.0699. The highest BCUT2D eigenvalue weighted by Crippen LogP contribution is 2.19. The summed E-state index contributed by atoms with van der Waals surface area (Å²) in [5, 5.41) is 6.59. The first kappa shape index (κ1) is 15.2. The first-order valence-electron chi connectivity index (χ1n) is 8.00. The molecule has 0 aliphatic carbocycles. The van der Waals surface area contributed by atoms with Gasteiger partial charge >= 0.3 is 0 Å². The van der Waals surface area contributed by atoms with E-state index in [0.717, 1.165) is 52.1 Å². The van der Waals surface area contributed by atoms with Gasteiger partial charge in [-0.1, -0.05) is 0 Å². The number of likely N-dealkylation sites (N-methyl/N-ethyl adjacent to an activating group) is 1. The van der Waals surface area contributed by atoms with E-state index in [1.807, 2.05) is 7.05 Å². The predicted octanol–water partition coefficient (Wildman–Crippen LogP) is 0.0904. The van der Waals surface area contributed by atoms with Crippen molar-refractivity contribution < 1.29 is 4.74 Å². The highest BCUT2D eigenvalue weighted by atomic mass is 16.5. The largest absolute Gasteiger partial charge is 0.381 e. The molecule has 0 unspecified atom stereocenters. The van der Waals surface area contributed by atoms with Crippen LogP contribution < -0.4 is 21.3 Å². The van der Waals surface area contributed by atoms with Crippen LogP contribution in [-0.4, -0.2) is 60.9 Å². The molecule has 3 rings (SSSR count). The highest BCUT2D eigenvalue weighted by molar-refractivity contribution is 5.42. The van der Waals surface area contributed by atoms with Crippen LogP contribution in [0.4, 0.5) is 17.8 Å². The number of nitrogens with two attached hydrogens (primary N) is 1. The first-order valence-corrected chi connectivity index (χ1v) is 8.00. The second-order valence-electron chi connectivity index (χ2n) is 5.97. The zero-order chi connectivity index (χ0) is 15.4. The summed E-state index contributed by atoms with van der Waals surface area (Å²) in [7, 11) is 1.98. The number of hydrogen-bond donors (Lipinski definition) is 3. The summed E-state index contributed by atoms with van der Waals surface area (Å²) in [4.78, 5) is 15.1. The Balaban J connectivity index is 1.62. The van der Waals surface area contributed by atoms with Gasteiger partial charge in [0.25, 0.3) is 0 Å². The molecule has 0 radical (unpaired) electrons. The lowest BCUT2D eigenvalue weighted by Crippen LogP contribution is -2.30. The standard InChI is InChI=1S/C14H25N7O/c1-16-11-2-5-21(9-11)14-19-12(15)18-13(20-14)17-8-10-3-6-22-7-4-10/h10-11,16H,2-9H2,1H3,(H3,15,17,18,19,20)/t11-/m1/s1. The Labute approximate surface area is 130 Å². The van der Waals surface area contributed by atoms with E-state index in [9.17, 15) is 0 Å². The topological polar surface area (TPSA) is 101 Å². The Morgan fingerprint density at radius 2 is 2.05 bits per heavy atom. The van der Waals surface area contributed by atoms with E-state index in [1.165, 1.54) is 0 Å². The summed E-state index contributed by atoms with van der Waals surface area (Å²) in [6.07, 6.45) is 3.25. The fraction of sp³-hybridized carbons (Fsp3) is 0.786. The summed E-state index contributed by atoms with van der Waals surface area (Å²) in [5.41, 5.74) is 5.84. The molecule has 22 heavy (non-hydrogen) atoms. The molecule has 8 heteroatoms. The van der Waals surface area contributed by atoms with Gasteiger partial charge in [-0.3, -0.25) is 0 Å². The number of nitrogens with zero attached hydrogens (tertiary/aromatic N) is 4. The van der Waals surface area contributed by atoms with Gasteiger partial charge in [-0.05, 0) is 32.2 Å². The molecule has 2 saturated heterocycles. The van der Waals surface area contributed by atoms with Crippen molar-refractivity contribution in [2.75, 3.05) is 55.8 Å².